The van der Waals surface area contributed by atoms with Gasteiger partial charge in [-0.05, 0) is 13.8 Å². The minimum Gasteiger partial charge on any atom is -0.376 e. The third kappa shape index (κ3) is 1.46. The van der Waals surface area contributed by atoms with Gasteiger partial charge in [0.1, 0.15) is 0 Å². The van der Waals surface area contributed by atoms with E-state index < -0.39 is 0 Å². The first-order valence-corrected chi connectivity index (χ1v) is 3.14. The van der Waals surface area contributed by atoms with Crippen molar-refractivity contribution >= 4 is 0 Å². The van der Waals surface area contributed by atoms with Crippen molar-refractivity contribution in [1.82, 2.24) is 5.32 Å². The molecule has 1 saturated heterocycles. The highest BCUT2D eigenvalue weighted by molar-refractivity contribution is 4.68. The van der Waals surface area contributed by atoms with E-state index >= 15 is 0 Å². The lowest BCUT2D eigenvalue weighted by Gasteiger charge is -2.25. The number of rotatable bonds is 0. The van der Waals surface area contributed by atoms with Crippen LogP contribution >= 0.6 is 0 Å². The third-order valence-corrected chi connectivity index (χ3v) is 1.38. The second-order valence-corrected chi connectivity index (χ2v) is 2.45. The molecule has 1 fully saturated rings. The summed E-state index contributed by atoms with van der Waals surface area (Å²) in [6.45, 7) is 6.08. The van der Waals surface area contributed by atoms with Crippen molar-refractivity contribution in [2.45, 2.75) is 26.0 Å². The third-order valence-electron chi connectivity index (χ3n) is 1.38. The Hall–Kier alpha value is -0.0800. The SMILES string of the molecule is CC1COC(C)CN1. The normalized spacial score (nSPS) is 39.8. The van der Waals surface area contributed by atoms with Gasteiger partial charge in [0.05, 0.1) is 12.7 Å². The summed E-state index contributed by atoms with van der Waals surface area (Å²) in [6.07, 6.45) is 0.409. The molecule has 2 atom stereocenters. The molecule has 0 aliphatic carbocycles. The lowest BCUT2D eigenvalue weighted by molar-refractivity contribution is 0.0196. The number of nitrogens with one attached hydrogen (secondary N) is 1. The van der Waals surface area contributed by atoms with E-state index in [1.807, 2.05) is 0 Å². The van der Waals surface area contributed by atoms with Crippen LogP contribution in [0.4, 0.5) is 0 Å². The van der Waals surface area contributed by atoms with Crippen LogP contribution in [0, 0.1) is 0 Å². The average molecular weight is 115 g/mol. The van der Waals surface area contributed by atoms with Crippen LogP contribution in [-0.2, 0) is 4.74 Å². The van der Waals surface area contributed by atoms with E-state index in [0.717, 1.165) is 13.2 Å². The van der Waals surface area contributed by atoms with E-state index in [-0.39, 0.29) is 0 Å². The van der Waals surface area contributed by atoms with Gasteiger partial charge >= 0.3 is 0 Å². The fourth-order valence-electron chi connectivity index (χ4n) is 0.794. The summed E-state index contributed by atoms with van der Waals surface area (Å²) in [4.78, 5) is 0. The quantitative estimate of drug-likeness (QED) is 0.493. The molecule has 8 heavy (non-hydrogen) atoms. The van der Waals surface area contributed by atoms with Crippen molar-refractivity contribution in [2.75, 3.05) is 13.2 Å². The zero-order valence-corrected chi connectivity index (χ0v) is 5.48. The molecule has 1 heterocycles. The molecule has 0 radical (unpaired) electrons. The molecular formula is C6H13NO. The highest BCUT2D eigenvalue weighted by atomic mass is 16.5. The summed E-state index contributed by atoms with van der Waals surface area (Å²) in [6, 6.07) is 0.547. The summed E-state index contributed by atoms with van der Waals surface area (Å²) in [5.74, 6) is 0. The number of morpholine rings is 1. The van der Waals surface area contributed by atoms with Crippen LogP contribution in [0.3, 0.4) is 0 Å². The second kappa shape index (κ2) is 2.46. The predicted octanol–water partition coefficient (Wildman–Crippen LogP) is 0.383. The van der Waals surface area contributed by atoms with E-state index in [2.05, 4.69) is 19.2 Å². The van der Waals surface area contributed by atoms with Crippen molar-refractivity contribution in [3.63, 3.8) is 0 Å². The molecule has 48 valence electrons. The summed E-state index contributed by atoms with van der Waals surface area (Å²) in [5, 5.41) is 3.31. The van der Waals surface area contributed by atoms with Gasteiger partial charge in [0, 0.05) is 12.6 Å². The van der Waals surface area contributed by atoms with Gasteiger partial charge < -0.3 is 10.1 Å². The topological polar surface area (TPSA) is 21.3 Å². The lowest BCUT2D eigenvalue weighted by atomic mass is 10.3. The monoisotopic (exact) mass is 115 g/mol. The number of hydrogen-bond acceptors (Lipinski definition) is 2. The molecule has 2 nitrogen and oxygen atoms in total. The maximum atomic E-state index is 5.33. The van der Waals surface area contributed by atoms with E-state index in [1.165, 1.54) is 0 Å². The Bertz CT molecular complexity index is 56.9. The van der Waals surface area contributed by atoms with Gasteiger partial charge in [-0.15, -0.1) is 0 Å². The summed E-state index contributed by atoms with van der Waals surface area (Å²) >= 11 is 0. The van der Waals surface area contributed by atoms with Crippen molar-refractivity contribution in [3.05, 3.63) is 0 Å². The van der Waals surface area contributed by atoms with E-state index in [9.17, 15) is 0 Å². The van der Waals surface area contributed by atoms with Gasteiger partial charge in [-0.25, -0.2) is 0 Å². The fraction of sp³-hybridized carbons (Fsp3) is 1.00. The maximum absolute atomic E-state index is 5.33. The molecule has 1 aliphatic heterocycles. The zero-order valence-electron chi connectivity index (χ0n) is 5.48. The Labute approximate surface area is 50.2 Å². The highest BCUT2D eigenvalue weighted by Crippen LogP contribution is 1.97. The van der Waals surface area contributed by atoms with Crippen molar-refractivity contribution in [2.24, 2.45) is 0 Å². The first-order valence-electron chi connectivity index (χ1n) is 3.14. The van der Waals surface area contributed by atoms with Crippen LogP contribution in [0.25, 0.3) is 0 Å². The molecule has 2 heteroatoms. The Morgan fingerprint density at radius 3 is 2.62 bits per heavy atom. The Morgan fingerprint density at radius 2 is 2.25 bits per heavy atom. The highest BCUT2D eigenvalue weighted by Gasteiger charge is 2.12. The van der Waals surface area contributed by atoms with Crippen LogP contribution in [0.15, 0.2) is 0 Å². The second-order valence-electron chi connectivity index (χ2n) is 2.45. The minimum atomic E-state index is 0.409. The smallest absolute Gasteiger partial charge is 0.0672 e. The Balaban J connectivity index is 2.19. The Morgan fingerprint density at radius 1 is 1.50 bits per heavy atom. The first kappa shape index (κ1) is 6.05. The predicted molar refractivity (Wildman–Crippen MR) is 32.9 cm³/mol. The van der Waals surface area contributed by atoms with Crippen LogP contribution in [-0.4, -0.2) is 25.3 Å². The molecule has 0 aromatic rings. The van der Waals surface area contributed by atoms with Gasteiger partial charge in [-0.3, -0.25) is 0 Å². The van der Waals surface area contributed by atoms with Crippen molar-refractivity contribution in [1.29, 1.82) is 0 Å². The molecule has 1 rings (SSSR count). The minimum absolute atomic E-state index is 0.409. The van der Waals surface area contributed by atoms with Crippen molar-refractivity contribution in [3.8, 4) is 0 Å². The zero-order chi connectivity index (χ0) is 5.98. The molecule has 1 aliphatic rings. The first-order chi connectivity index (χ1) is 3.79. The lowest BCUT2D eigenvalue weighted by Crippen LogP contribution is -2.43. The van der Waals surface area contributed by atoms with E-state index in [0.29, 0.717) is 12.1 Å². The summed E-state index contributed by atoms with van der Waals surface area (Å²) in [5.41, 5.74) is 0. The number of ether oxygens (including phenoxy) is 1. The molecule has 0 aromatic carbocycles. The molecule has 0 aromatic heterocycles. The van der Waals surface area contributed by atoms with Crippen LogP contribution in [0.1, 0.15) is 13.8 Å². The molecular weight excluding hydrogens is 102 g/mol. The van der Waals surface area contributed by atoms with Gasteiger partial charge in [-0.1, -0.05) is 0 Å². The molecule has 2 unspecified atom stereocenters. The molecule has 0 spiro atoms. The Kier molecular flexibility index (Phi) is 1.86. The maximum Gasteiger partial charge on any atom is 0.0672 e. The van der Waals surface area contributed by atoms with Crippen molar-refractivity contribution < 1.29 is 4.74 Å². The van der Waals surface area contributed by atoms with E-state index in [1.54, 1.807) is 0 Å². The summed E-state index contributed by atoms with van der Waals surface area (Å²) < 4.78 is 5.33. The molecule has 1 N–H and O–H groups in total. The standard InChI is InChI=1S/C6H13NO/c1-5-4-8-6(2)3-7-5/h5-7H,3-4H2,1-2H3. The summed E-state index contributed by atoms with van der Waals surface area (Å²) in [7, 11) is 0. The van der Waals surface area contributed by atoms with Gasteiger partial charge in [0.25, 0.3) is 0 Å². The molecule has 0 bridgehead atoms. The van der Waals surface area contributed by atoms with Crippen LogP contribution < -0.4 is 5.32 Å². The van der Waals surface area contributed by atoms with E-state index in [4.69, 9.17) is 4.74 Å². The van der Waals surface area contributed by atoms with Crippen LogP contribution in [0.2, 0.25) is 0 Å². The van der Waals surface area contributed by atoms with Gasteiger partial charge in [0.2, 0.25) is 0 Å². The van der Waals surface area contributed by atoms with Gasteiger partial charge in [0.15, 0.2) is 0 Å². The van der Waals surface area contributed by atoms with Crippen LogP contribution in [0.5, 0.6) is 0 Å². The van der Waals surface area contributed by atoms with Gasteiger partial charge in [-0.2, -0.15) is 0 Å². The number of hydrogen-bond donors (Lipinski definition) is 1. The average Bonchev–Trinajstić information content (AvgIpc) is 1.77. The molecule has 0 amide bonds. The largest absolute Gasteiger partial charge is 0.376 e. The molecule has 0 saturated carbocycles. The fourth-order valence-corrected chi connectivity index (χ4v) is 0.794.